The van der Waals surface area contributed by atoms with Crippen molar-refractivity contribution in [3.05, 3.63) is 55.5 Å². The van der Waals surface area contributed by atoms with Gasteiger partial charge in [-0.3, -0.25) is 0 Å². The predicted molar refractivity (Wildman–Crippen MR) is 126 cm³/mol. The van der Waals surface area contributed by atoms with E-state index in [4.69, 9.17) is 31.9 Å². The number of thioether (sulfide) groups is 1. The molecular formula is C21H14ClIN2O5S. The van der Waals surface area contributed by atoms with Crippen LogP contribution in [0.25, 0.3) is 17.5 Å². The van der Waals surface area contributed by atoms with Crippen LogP contribution in [0.5, 0.6) is 11.5 Å². The van der Waals surface area contributed by atoms with Crippen LogP contribution < -0.4 is 9.47 Å². The standard InChI is InChI=1S/C21H14ClIN2O5S/c1-3-8-29-18-15(23)9-12(10-16(18)28-2)11-17(20(26)27)31-21-25-24-19(30-21)13-4-6-14(22)7-5-13/h1,4-7,9-11H,8H2,2H3,(H,26,27)/b17-11-. The van der Waals surface area contributed by atoms with Crippen LogP contribution in [0.1, 0.15) is 5.56 Å². The molecule has 1 N–H and O–H groups in total. The molecule has 3 rings (SSSR count). The van der Waals surface area contributed by atoms with Gasteiger partial charge in [0, 0.05) is 10.6 Å². The topological polar surface area (TPSA) is 94.7 Å². The van der Waals surface area contributed by atoms with E-state index in [1.54, 1.807) is 36.4 Å². The Morgan fingerprint density at radius 1 is 1.35 bits per heavy atom. The van der Waals surface area contributed by atoms with Crippen molar-refractivity contribution < 1.29 is 23.8 Å². The second kappa shape index (κ2) is 10.6. The summed E-state index contributed by atoms with van der Waals surface area (Å²) in [5, 5.41) is 18.2. The lowest BCUT2D eigenvalue weighted by molar-refractivity contribution is -0.131. The third kappa shape index (κ3) is 5.94. The van der Waals surface area contributed by atoms with E-state index in [0.29, 0.717) is 27.6 Å². The van der Waals surface area contributed by atoms with Crippen LogP contribution in [0.2, 0.25) is 5.02 Å². The maximum absolute atomic E-state index is 11.8. The number of aliphatic carboxylic acids is 1. The van der Waals surface area contributed by atoms with Crippen molar-refractivity contribution in [3.63, 3.8) is 0 Å². The molecule has 0 aliphatic carbocycles. The quantitative estimate of drug-likeness (QED) is 0.171. The molecule has 0 saturated carbocycles. The lowest BCUT2D eigenvalue weighted by Crippen LogP contribution is -2.00. The Hall–Kier alpha value is -2.68. The molecule has 7 nitrogen and oxygen atoms in total. The van der Waals surface area contributed by atoms with E-state index in [9.17, 15) is 9.90 Å². The number of methoxy groups -OCH3 is 1. The van der Waals surface area contributed by atoms with E-state index < -0.39 is 5.97 Å². The van der Waals surface area contributed by atoms with Crippen LogP contribution in [0.15, 0.2) is 50.9 Å². The zero-order valence-electron chi connectivity index (χ0n) is 16.0. The summed E-state index contributed by atoms with van der Waals surface area (Å²) >= 11 is 8.79. The molecule has 3 aromatic rings. The Bertz CT molecular complexity index is 1170. The molecule has 0 bridgehead atoms. The molecule has 10 heteroatoms. The summed E-state index contributed by atoms with van der Waals surface area (Å²) in [5.41, 5.74) is 1.27. The molecule has 1 aromatic heterocycles. The van der Waals surface area contributed by atoms with Gasteiger partial charge in [-0.15, -0.1) is 16.6 Å². The number of halogens is 2. The number of carboxylic acid groups (broad SMARTS) is 1. The number of terminal acetylenes is 1. The van der Waals surface area contributed by atoms with Crippen LogP contribution in [-0.2, 0) is 4.79 Å². The van der Waals surface area contributed by atoms with Crippen molar-refractivity contribution in [3.8, 4) is 35.3 Å². The molecule has 158 valence electrons. The summed E-state index contributed by atoms with van der Waals surface area (Å²) in [7, 11) is 1.49. The van der Waals surface area contributed by atoms with E-state index in [1.807, 2.05) is 0 Å². The summed E-state index contributed by atoms with van der Waals surface area (Å²) in [6, 6.07) is 10.3. The third-order valence-corrected chi connectivity index (χ3v) is 5.66. The molecule has 0 aliphatic heterocycles. The summed E-state index contributed by atoms with van der Waals surface area (Å²) in [6.45, 7) is 0.0882. The number of benzene rings is 2. The van der Waals surface area contributed by atoms with Gasteiger partial charge in [-0.25, -0.2) is 4.79 Å². The summed E-state index contributed by atoms with van der Waals surface area (Å²) in [5.74, 6) is 2.44. The Morgan fingerprint density at radius 3 is 2.74 bits per heavy atom. The van der Waals surface area contributed by atoms with Crippen LogP contribution in [0, 0.1) is 15.9 Å². The molecule has 0 fully saturated rings. The van der Waals surface area contributed by atoms with Crippen LogP contribution in [0.3, 0.4) is 0 Å². The third-order valence-electron chi connectivity index (χ3n) is 3.76. The van der Waals surface area contributed by atoms with Gasteiger partial charge in [0.1, 0.15) is 11.5 Å². The summed E-state index contributed by atoms with van der Waals surface area (Å²) < 4.78 is 17.2. The average Bonchev–Trinajstić information content (AvgIpc) is 3.21. The Labute approximate surface area is 200 Å². The molecule has 1 heterocycles. The minimum absolute atomic E-state index is 0.0125. The van der Waals surface area contributed by atoms with Gasteiger partial charge in [-0.05, 0) is 82.4 Å². The average molecular weight is 569 g/mol. The molecule has 0 unspecified atom stereocenters. The molecule has 0 aliphatic rings. The van der Waals surface area contributed by atoms with Gasteiger partial charge in [0.05, 0.1) is 10.7 Å². The first-order chi connectivity index (χ1) is 14.9. The van der Waals surface area contributed by atoms with Crippen LogP contribution in [-0.4, -0.2) is 35.0 Å². The van der Waals surface area contributed by atoms with Crippen molar-refractivity contribution in [2.75, 3.05) is 13.7 Å². The second-order valence-corrected chi connectivity index (χ2v) is 8.41. The lowest BCUT2D eigenvalue weighted by atomic mass is 10.2. The van der Waals surface area contributed by atoms with Crippen molar-refractivity contribution in [1.29, 1.82) is 0 Å². The highest BCUT2D eigenvalue weighted by atomic mass is 127. The summed E-state index contributed by atoms with van der Waals surface area (Å²) in [6.07, 6.45) is 6.73. The van der Waals surface area contributed by atoms with Crippen molar-refractivity contribution >= 4 is 58.0 Å². The number of ether oxygens (including phenoxy) is 2. The van der Waals surface area contributed by atoms with Crippen molar-refractivity contribution in [2.45, 2.75) is 5.22 Å². The zero-order chi connectivity index (χ0) is 22.4. The fraction of sp³-hybridized carbons (Fsp3) is 0.0952. The second-order valence-electron chi connectivity index (χ2n) is 5.82. The molecule has 0 saturated heterocycles. The highest BCUT2D eigenvalue weighted by Crippen LogP contribution is 2.36. The van der Waals surface area contributed by atoms with Gasteiger partial charge in [0.2, 0.25) is 5.89 Å². The van der Waals surface area contributed by atoms with Crippen LogP contribution in [0.4, 0.5) is 0 Å². The first kappa shape index (κ1) is 23.0. The molecule has 31 heavy (non-hydrogen) atoms. The largest absolute Gasteiger partial charge is 0.493 e. The molecule has 0 atom stereocenters. The Balaban J connectivity index is 1.87. The normalized spacial score (nSPS) is 11.1. The van der Waals surface area contributed by atoms with E-state index in [1.165, 1.54) is 13.2 Å². The highest BCUT2D eigenvalue weighted by molar-refractivity contribution is 14.1. The fourth-order valence-corrected chi connectivity index (χ4v) is 4.00. The van der Waals surface area contributed by atoms with E-state index in [2.05, 4.69) is 38.7 Å². The number of rotatable bonds is 8. The molecular weight excluding hydrogens is 555 g/mol. The Morgan fingerprint density at radius 2 is 2.10 bits per heavy atom. The van der Waals surface area contributed by atoms with Gasteiger partial charge >= 0.3 is 5.97 Å². The number of hydrogen-bond acceptors (Lipinski definition) is 7. The number of nitrogens with zero attached hydrogens (tertiary/aromatic N) is 2. The first-order valence-electron chi connectivity index (χ1n) is 8.57. The molecule has 0 radical (unpaired) electrons. The van der Waals surface area contributed by atoms with E-state index in [0.717, 1.165) is 15.3 Å². The predicted octanol–water partition coefficient (Wildman–Crippen LogP) is 5.23. The fourth-order valence-electron chi connectivity index (χ4n) is 2.42. The first-order valence-corrected chi connectivity index (χ1v) is 10.8. The van der Waals surface area contributed by atoms with Gasteiger partial charge in [0.15, 0.2) is 11.5 Å². The van der Waals surface area contributed by atoms with E-state index in [-0.39, 0.29) is 22.6 Å². The Kier molecular flexibility index (Phi) is 7.84. The van der Waals surface area contributed by atoms with Crippen LogP contribution >= 0.6 is 46.0 Å². The maximum Gasteiger partial charge on any atom is 0.342 e. The molecule has 2 aromatic carbocycles. The highest BCUT2D eigenvalue weighted by Gasteiger charge is 2.17. The maximum atomic E-state index is 11.8. The van der Waals surface area contributed by atoms with Crippen molar-refractivity contribution in [1.82, 2.24) is 10.2 Å². The number of carbonyl (C=O) groups is 1. The SMILES string of the molecule is C#CCOc1c(I)cc(/C=C(\Sc2nnc(-c3ccc(Cl)cc3)o2)C(=O)O)cc1OC. The summed E-state index contributed by atoms with van der Waals surface area (Å²) in [4.78, 5) is 11.8. The van der Waals surface area contributed by atoms with Gasteiger partial charge < -0.3 is 19.0 Å². The minimum Gasteiger partial charge on any atom is -0.493 e. The van der Waals surface area contributed by atoms with Crippen molar-refractivity contribution in [2.24, 2.45) is 0 Å². The van der Waals surface area contributed by atoms with Gasteiger partial charge in [-0.1, -0.05) is 17.5 Å². The lowest BCUT2D eigenvalue weighted by Gasteiger charge is -2.12. The molecule has 0 spiro atoms. The monoisotopic (exact) mass is 568 g/mol. The number of carboxylic acids is 1. The van der Waals surface area contributed by atoms with Gasteiger partial charge in [0.25, 0.3) is 5.22 Å². The number of aromatic nitrogens is 2. The van der Waals surface area contributed by atoms with Gasteiger partial charge in [-0.2, -0.15) is 0 Å². The van der Waals surface area contributed by atoms with E-state index >= 15 is 0 Å². The zero-order valence-corrected chi connectivity index (χ0v) is 19.7. The molecule has 0 amide bonds. The smallest absolute Gasteiger partial charge is 0.342 e. The minimum atomic E-state index is -1.14. The number of hydrogen-bond donors (Lipinski definition) is 1.